The molecule has 0 aromatic heterocycles. The Labute approximate surface area is 189 Å². The molecule has 2 aliphatic heterocycles. The van der Waals surface area contributed by atoms with Crippen LogP contribution in [0.2, 0.25) is 5.02 Å². The van der Waals surface area contributed by atoms with Crippen molar-refractivity contribution in [3.05, 3.63) is 97.1 Å². The van der Waals surface area contributed by atoms with E-state index in [-0.39, 0.29) is 11.9 Å². The molecular formula is C22H14Br2ClFN2O. The number of hydrazone groups is 1. The van der Waals surface area contributed by atoms with E-state index in [0.29, 0.717) is 5.02 Å². The van der Waals surface area contributed by atoms with Crippen LogP contribution in [-0.2, 0) is 0 Å². The largest absolute Gasteiger partial charge is 0.463 e. The number of fused-ring (bicyclic) bond motifs is 3. The van der Waals surface area contributed by atoms with Gasteiger partial charge in [-0.25, -0.2) is 9.40 Å². The number of rotatable bonds is 2. The van der Waals surface area contributed by atoms with Gasteiger partial charge in [-0.1, -0.05) is 51.8 Å². The van der Waals surface area contributed by atoms with Gasteiger partial charge in [0.1, 0.15) is 11.6 Å². The normalized spacial score (nSPS) is 20.0. The second kappa shape index (κ2) is 7.42. The van der Waals surface area contributed by atoms with Crippen molar-refractivity contribution in [1.29, 1.82) is 0 Å². The highest BCUT2D eigenvalue weighted by molar-refractivity contribution is 9.11. The molecule has 0 unspecified atom stereocenters. The molecule has 2 aliphatic rings. The van der Waals surface area contributed by atoms with Gasteiger partial charge in [-0.15, -0.1) is 0 Å². The van der Waals surface area contributed by atoms with E-state index in [9.17, 15) is 4.39 Å². The van der Waals surface area contributed by atoms with Gasteiger partial charge in [0, 0.05) is 27.0 Å². The number of benzene rings is 3. The highest BCUT2D eigenvalue weighted by atomic mass is 79.9. The lowest BCUT2D eigenvalue weighted by molar-refractivity contribution is -0.0197. The molecule has 3 nitrogen and oxygen atoms in total. The van der Waals surface area contributed by atoms with Crippen molar-refractivity contribution in [3.8, 4) is 5.75 Å². The molecule has 0 aliphatic carbocycles. The summed E-state index contributed by atoms with van der Waals surface area (Å²) in [6.45, 7) is 0. The Hall–Kier alpha value is -1.89. The van der Waals surface area contributed by atoms with E-state index in [1.165, 1.54) is 12.1 Å². The van der Waals surface area contributed by atoms with E-state index in [4.69, 9.17) is 21.4 Å². The summed E-state index contributed by atoms with van der Waals surface area (Å²) in [5.74, 6) is 0.509. The molecule has 29 heavy (non-hydrogen) atoms. The minimum absolute atomic E-state index is 0.00767. The van der Waals surface area contributed by atoms with Gasteiger partial charge in [-0.05, 0) is 57.9 Å². The lowest BCUT2D eigenvalue weighted by Gasteiger charge is -2.38. The zero-order chi connectivity index (χ0) is 20.1. The Balaban J connectivity index is 1.62. The van der Waals surface area contributed by atoms with E-state index in [1.54, 1.807) is 12.1 Å². The highest BCUT2D eigenvalue weighted by Crippen LogP contribution is 2.50. The zero-order valence-electron chi connectivity index (χ0n) is 14.9. The van der Waals surface area contributed by atoms with Crippen molar-refractivity contribution in [2.45, 2.75) is 18.7 Å². The van der Waals surface area contributed by atoms with Crippen molar-refractivity contribution in [3.63, 3.8) is 0 Å². The van der Waals surface area contributed by atoms with Crippen LogP contribution in [0.15, 0.2) is 74.7 Å². The van der Waals surface area contributed by atoms with Gasteiger partial charge < -0.3 is 4.74 Å². The Kier molecular flexibility index (Phi) is 4.88. The predicted octanol–water partition coefficient (Wildman–Crippen LogP) is 7.25. The van der Waals surface area contributed by atoms with Gasteiger partial charge in [0.05, 0.1) is 16.2 Å². The van der Waals surface area contributed by atoms with Crippen LogP contribution >= 0.6 is 43.5 Å². The fraction of sp³-hybridized carbons (Fsp3) is 0.136. The van der Waals surface area contributed by atoms with Crippen molar-refractivity contribution >= 4 is 49.2 Å². The van der Waals surface area contributed by atoms with Crippen LogP contribution in [0, 0.1) is 5.82 Å². The fourth-order valence-electron chi connectivity index (χ4n) is 3.78. The average molecular weight is 537 g/mol. The monoisotopic (exact) mass is 534 g/mol. The minimum atomic E-state index is -0.449. The van der Waals surface area contributed by atoms with Crippen LogP contribution < -0.4 is 4.74 Å². The van der Waals surface area contributed by atoms with Crippen LogP contribution in [0.25, 0.3) is 0 Å². The van der Waals surface area contributed by atoms with Crippen LogP contribution in [0.5, 0.6) is 5.75 Å². The maximum atomic E-state index is 13.5. The molecule has 0 spiro atoms. The van der Waals surface area contributed by atoms with E-state index in [0.717, 1.165) is 43.5 Å². The van der Waals surface area contributed by atoms with Crippen LogP contribution in [0.3, 0.4) is 0 Å². The lowest BCUT2D eigenvalue weighted by Crippen LogP contribution is -2.33. The first-order chi connectivity index (χ1) is 14.0. The second-order valence-corrected chi connectivity index (χ2v) is 9.19. The Morgan fingerprint density at radius 2 is 1.76 bits per heavy atom. The van der Waals surface area contributed by atoms with Gasteiger partial charge in [-0.2, -0.15) is 5.10 Å². The summed E-state index contributed by atoms with van der Waals surface area (Å²) in [5.41, 5.74) is 3.89. The van der Waals surface area contributed by atoms with E-state index in [2.05, 4.69) is 37.9 Å². The van der Waals surface area contributed by atoms with Gasteiger partial charge in [0.15, 0.2) is 0 Å². The number of nitrogens with zero attached hydrogens (tertiary/aromatic N) is 2. The third-order valence-electron chi connectivity index (χ3n) is 5.14. The maximum absolute atomic E-state index is 13.5. The smallest absolute Gasteiger partial charge is 0.213 e. The van der Waals surface area contributed by atoms with Crippen molar-refractivity contribution in [1.82, 2.24) is 5.01 Å². The van der Waals surface area contributed by atoms with Crippen molar-refractivity contribution in [2.24, 2.45) is 5.10 Å². The summed E-state index contributed by atoms with van der Waals surface area (Å²) < 4.78 is 21.7. The summed E-state index contributed by atoms with van der Waals surface area (Å²) in [7, 11) is 0. The molecule has 0 radical (unpaired) electrons. The molecule has 2 heterocycles. The molecule has 3 aromatic rings. The second-order valence-electron chi connectivity index (χ2n) is 6.98. The predicted molar refractivity (Wildman–Crippen MR) is 119 cm³/mol. The third-order valence-corrected chi connectivity index (χ3v) is 6.44. The summed E-state index contributed by atoms with van der Waals surface area (Å²) in [6.07, 6.45) is 0.286. The van der Waals surface area contributed by atoms with E-state index in [1.807, 2.05) is 35.3 Å². The first-order valence-electron chi connectivity index (χ1n) is 9.02. The quantitative estimate of drug-likeness (QED) is 0.345. The molecular weight excluding hydrogens is 523 g/mol. The Morgan fingerprint density at radius 3 is 2.48 bits per heavy atom. The van der Waals surface area contributed by atoms with Gasteiger partial charge in [0.2, 0.25) is 6.23 Å². The number of hydrogen-bond acceptors (Lipinski definition) is 3. The molecule has 146 valence electrons. The minimum Gasteiger partial charge on any atom is -0.463 e. The van der Waals surface area contributed by atoms with E-state index >= 15 is 0 Å². The van der Waals surface area contributed by atoms with Crippen LogP contribution in [0.1, 0.15) is 35.4 Å². The fourth-order valence-corrected chi connectivity index (χ4v) is 5.26. The maximum Gasteiger partial charge on any atom is 0.213 e. The van der Waals surface area contributed by atoms with E-state index < -0.39 is 6.23 Å². The molecule has 5 rings (SSSR count). The molecule has 0 N–H and O–H groups in total. The van der Waals surface area contributed by atoms with Gasteiger partial charge in [0.25, 0.3) is 0 Å². The van der Waals surface area contributed by atoms with Gasteiger partial charge in [-0.3, -0.25) is 0 Å². The first-order valence-corrected chi connectivity index (χ1v) is 11.0. The molecule has 0 amide bonds. The molecule has 3 aromatic carbocycles. The average Bonchev–Trinajstić information content (AvgIpc) is 3.14. The standard InChI is InChI=1S/C22H14Br2ClFN2O/c23-14-9-17-20-11-19(12-1-5-15(25)6-2-12)27-28(20)22(29-21(17)18(24)10-14)13-3-7-16(26)8-4-13/h1-10,20,22H,11H2/t20-,22-/m0/s1. The lowest BCUT2D eigenvalue weighted by atomic mass is 9.96. The van der Waals surface area contributed by atoms with Crippen LogP contribution in [0.4, 0.5) is 4.39 Å². The SMILES string of the molecule is Fc1ccc([C@@H]2Oc3c(Br)cc(Br)cc3[C@@H]3CC(c4ccc(Cl)cc4)=NN32)cc1. The summed E-state index contributed by atoms with van der Waals surface area (Å²) in [6, 6.07) is 18.1. The molecule has 0 saturated heterocycles. The number of halogens is 4. The Bertz CT molecular complexity index is 1120. The first kappa shape index (κ1) is 19.1. The third kappa shape index (κ3) is 3.47. The topological polar surface area (TPSA) is 24.8 Å². The summed E-state index contributed by atoms with van der Waals surface area (Å²) in [4.78, 5) is 0. The Morgan fingerprint density at radius 1 is 1.03 bits per heavy atom. The number of hydrogen-bond donors (Lipinski definition) is 0. The van der Waals surface area contributed by atoms with Crippen molar-refractivity contribution in [2.75, 3.05) is 0 Å². The van der Waals surface area contributed by atoms with Gasteiger partial charge >= 0.3 is 0 Å². The molecule has 0 bridgehead atoms. The number of ether oxygens (including phenoxy) is 1. The molecule has 0 saturated carbocycles. The summed E-state index contributed by atoms with van der Waals surface area (Å²) >= 11 is 13.2. The molecule has 7 heteroatoms. The van der Waals surface area contributed by atoms with Crippen LogP contribution in [-0.4, -0.2) is 10.7 Å². The molecule has 2 atom stereocenters. The molecule has 0 fully saturated rings. The zero-order valence-corrected chi connectivity index (χ0v) is 18.9. The highest BCUT2D eigenvalue weighted by Gasteiger charge is 2.41. The summed E-state index contributed by atoms with van der Waals surface area (Å²) in [5, 5.41) is 7.57. The van der Waals surface area contributed by atoms with Crippen molar-refractivity contribution < 1.29 is 9.13 Å².